The summed E-state index contributed by atoms with van der Waals surface area (Å²) in [6, 6.07) is 11.5. The molecule has 0 saturated carbocycles. The molecule has 0 aromatic heterocycles. The number of benzene rings is 2. The summed E-state index contributed by atoms with van der Waals surface area (Å²) in [5, 5.41) is 0. The Morgan fingerprint density at radius 3 is 2.71 bits per heavy atom. The summed E-state index contributed by atoms with van der Waals surface area (Å²) in [6.07, 6.45) is 0.838. The Balaban J connectivity index is 1.79. The molecule has 0 radical (unpaired) electrons. The van der Waals surface area contributed by atoms with Crippen LogP contribution in [0.15, 0.2) is 42.5 Å². The highest BCUT2D eigenvalue weighted by Crippen LogP contribution is 2.36. The number of hydrogen-bond acceptors (Lipinski definition) is 3. The van der Waals surface area contributed by atoms with Crippen molar-refractivity contribution in [1.82, 2.24) is 4.90 Å². The second-order valence-corrected chi connectivity index (χ2v) is 5.85. The fourth-order valence-corrected chi connectivity index (χ4v) is 3.16. The lowest BCUT2D eigenvalue weighted by Crippen LogP contribution is -2.28. The maximum atomic E-state index is 13.3. The maximum absolute atomic E-state index is 13.3. The second kappa shape index (κ2) is 6.91. The van der Waals surface area contributed by atoms with Gasteiger partial charge < -0.3 is 14.4 Å². The molecule has 0 bridgehead atoms. The van der Waals surface area contributed by atoms with E-state index in [0.29, 0.717) is 18.7 Å². The lowest BCUT2D eigenvalue weighted by Gasteiger charge is -2.18. The van der Waals surface area contributed by atoms with Crippen LogP contribution in [0.4, 0.5) is 4.39 Å². The Labute approximate surface area is 140 Å². The Kier molecular flexibility index (Phi) is 4.69. The second-order valence-electron chi connectivity index (χ2n) is 5.85. The van der Waals surface area contributed by atoms with Crippen molar-refractivity contribution >= 4 is 5.91 Å². The zero-order valence-electron chi connectivity index (χ0n) is 13.8. The van der Waals surface area contributed by atoms with Gasteiger partial charge in [0.25, 0.3) is 5.91 Å². The van der Waals surface area contributed by atoms with Crippen LogP contribution in [0.5, 0.6) is 11.5 Å². The average molecular weight is 329 g/mol. The zero-order chi connectivity index (χ0) is 17.1. The van der Waals surface area contributed by atoms with Crippen LogP contribution >= 0.6 is 0 Å². The van der Waals surface area contributed by atoms with Gasteiger partial charge in [0.1, 0.15) is 17.3 Å². The number of rotatable bonds is 4. The number of nitrogens with zero attached hydrogens (tertiary/aromatic N) is 1. The standard InChI is InChI=1S/C19H20FNO3/c1-23-16-6-7-18(24-2)17(11-16)14-8-9-21(12-14)19(22)13-4-3-5-15(20)10-13/h3-7,10-11,14H,8-9,12H2,1-2H3/t14-/m1/s1. The molecule has 1 atom stereocenters. The van der Waals surface area contributed by atoms with Crippen LogP contribution in [0.25, 0.3) is 0 Å². The monoisotopic (exact) mass is 329 g/mol. The molecular weight excluding hydrogens is 309 g/mol. The maximum Gasteiger partial charge on any atom is 0.253 e. The summed E-state index contributed by atoms with van der Waals surface area (Å²) in [5.41, 5.74) is 1.42. The van der Waals surface area contributed by atoms with Crippen molar-refractivity contribution < 1.29 is 18.7 Å². The fraction of sp³-hybridized carbons (Fsp3) is 0.316. The Morgan fingerprint density at radius 1 is 1.17 bits per heavy atom. The third-order valence-corrected chi connectivity index (χ3v) is 4.42. The van der Waals surface area contributed by atoms with Crippen molar-refractivity contribution in [1.29, 1.82) is 0 Å². The molecule has 1 heterocycles. The van der Waals surface area contributed by atoms with Gasteiger partial charge in [-0.2, -0.15) is 0 Å². The number of ether oxygens (including phenoxy) is 2. The molecular formula is C19H20FNO3. The highest BCUT2D eigenvalue weighted by Gasteiger charge is 2.30. The van der Waals surface area contributed by atoms with Crippen molar-refractivity contribution in [3.05, 3.63) is 59.4 Å². The van der Waals surface area contributed by atoms with Crippen LogP contribution in [0, 0.1) is 5.82 Å². The van der Waals surface area contributed by atoms with Crippen LogP contribution in [0.2, 0.25) is 0 Å². The Bertz CT molecular complexity index is 747. The van der Waals surface area contributed by atoms with Crippen LogP contribution < -0.4 is 9.47 Å². The summed E-state index contributed by atoms with van der Waals surface area (Å²) >= 11 is 0. The van der Waals surface area contributed by atoms with Gasteiger partial charge in [-0.3, -0.25) is 4.79 Å². The van der Waals surface area contributed by atoms with E-state index in [9.17, 15) is 9.18 Å². The van der Waals surface area contributed by atoms with E-state index in [2.05, 4.69) is 0 Å². The third-order valence-electron chi connectivity index (χ3n) is 4.42. The first kappa shape index (κ1) is 16.3. The van der Waals surface area contributed by atoms with E-state index in [1.165, 1.54) is 12.1 Å². The van der Waals surface area contributed by atoms with Gasteiger partial charge in [-0.1, -0.05) is 6.07 Å². The largest absolute Gasteiger partial charge is 0.497 e. The first-order chi connectivity index (χ1) is 11.6. The topological polar surface area (TPSA) is 38.8 Å². The minimum absolute atomic E-state index is 0.140. The number of methoxy groups -OCH3 is 2. The number of hydrogen-bond donors (Lipinski definition) is 0. The summed E-state index contributed by atoms with van der Waals surface area (Å²) in [7, 11) is 3.26. The molecule has 0 spiro atoms. The number of halogens is 1. The van der Waals surface area contributed by atoms with Crippen molar-refractivity contribution in [2.24, 2.45) is 0 Å². The molecule has 24 heavy (non-hydrogen) atoms. The third kappa shape index (κ3) is 3.20. The molecule has 3 rings (SSSR count). The predicted molar refractivity (Wildman–Crippen MR) is 89.2 cm³/mol. The van der Waals surface area contributed by atoms with Crippen LogP contribution in [-0.4, -0.2) is 38.1 Å². The van der Waals surface area contributed by atoms with Crippen molar-refractivity contribution in [2.75, 3.05) is 27.3 Å². The summed E-state index contributed by atoms with van der Waals surface area (Å²) in [6.45, 7) is 1.22. The van der Waals surface area contributed by atoms with E-state index in [4.69, 9.17) is 9.47 Å². The molecule has 1 fully saturated rings. The molecule has 1 aliphatic heterocycles. The number of carbonyl (C=O) groups is 1. The normalized spacial score (nSPS) is 17.0. The van der Waals surface area contributed by atoms with Gasteiger partial charge in [0, 0.05) is 30.1 Å². The molecule has 2 aromatic rings. The van der Waals surface area contributed by atoms with Gasteiger partial charge >= 0.3 is 0 Å². The predicted octanol–water partition coefficient (Wildman–Crippen LogP) is 3.47. The molecule has 1 aliphatic rings. The lowest BCUT2D eigenvalue weighted by molar-refractivity contribution is 0.0790. The Hall–Kier alpha value is -2.56. The minimum atomic E-state index is -0.397. The van der Waals surface area contributed by atoms with Gasteiger partial charge in [-0.25, -0.2) is 4.39 Å². The molecule has 5 heteroatoms. The van der Waals surface area contributed by atoms with Crippen molar-refractivity contribution in [3.8, 4) is 11.5 Å². The quantitative estimate of drug-likeness (QED) is 0.862. The van der Waals surface area contributed by atoms with Gasteiger partial charge in [0.05, 0.1) is 14.2 Å². The van der Waals surface area contributed by atoms with E-state index in [0.717, 1.165) is 23.5 Å². The number of amides is 1. The van der Waals surface area contributed by atoms with Gasteiger partial charge in [-0.15, -0.1) is 0 Å². The number of likely N-dealkylation sites (tertiary alicyclic amines) is 1. The number of carbonyl (C=O) groups excluding carboxylic acids is 1. The van der Waals surface area contributed by atoms with Crippen LogP contribution in [0.1, 0.15) is 28.3 Å². The first-order valence-electron chi connectivity index (χ1n) is 7.89. The zero-order valence-corrected chi connectivity index (χ0v) is 13.8. The van der Waals surface area contributed by atoms with Crippen LogP contribution in [-0.2, 0) is 0 Å². The smallest absolute Gasteiger partial charge is 0.253 e. The van der Waals surface area contributed by atoms with E-state index >= 15 is 0 Å². The highest BCUT2D eigenvalue weighted by atomic mass is 19.1. The molecule has 2 aromatic carbocycles. The minimum Gasteiger partial charge on any atom is -0.497 e. The molecule has 0 N–H and O–H groups in total. The SMILES string of the molecule is COc1ccc(OC)c([C@@H]2CCN(C(=O)c3cccc(F)c3)C2)c1. The summed E-state index contributed by atoms with van der Waals surface area (Å²) in [4.78, 5) is 14.3. The Morgan fingerprint density at radius 2 is 2.00 bits per heavy atom. The lowest BCUT2D eigenvalue weighted by atomic mass is 9.97. The van der Waals surface area contributed by atoms with E-state index < -0.39 is 5.82 Å². The van der Waals surface area contributed by atoms with Gasteiger partial charge in [-0.05, 0) is 42.8 Å². The summed E-state index contributed by atoms with van der Waals surface area (Å²) in [5.74, 6) is 1.19. The van der Waals surface area contributed by atoms with Crippen LogP contribution in [0.3, 0.4) is 0 Å². The van der Waals surface area contributed by atoms with Crippen molar-refractivity contribution in [3.63, 3.8) is 0 Å². The molecule has 126 valence electrons. The molecule has 1 amide bonds. The van der Waals surface area contributed by atoms with E-state index in [1.54, 1.807) is 31.3 Å². The summed E-state index contributed by atoms with van der Waals surface area (Å²) < 4.78 is 24.1. The molecule has 0 unspecified atom stereocenters. The van der Waals surface area contributed by atoms with Gasteiger partial charge in [0.15, 0.2) is 0 Å². The first-order valence-corrected chi connectivity index (χ1v) is 7.89. The highest BCUT2D eigenvalue weighted by molar-refractivity contribution is 5.94. The van der Waals surface area contributed by atoms with Crippen molar-refractivity contribution in [2.45, 2.75) is 12.3 Å². The fourth-order valence-electron chi connectivity index (χ4n) is 3.16. The van der Waals surface area contributed by atoms with E-state index in [-0.39, 0.29) is 11.8 Å². The van der Waals surface area contributed by atoms with E-state index in [1.807, 2.05) is 18.2 Å². The molecule has 1 saturated heterocycles. The van der Waals surface area contributed by atoms with Gasteiger partial charge in [0.2, 0.25) is 0 Å². The molecule has 4 nitrogen and oxygen atoms in total. The average Bonchev–Trinajstić information content (AvgIpc) is 3.10. The molecule has 0 aliphatic carbocycles.